The van der Waals surface area contributed by atoms with Crippen LogP contribution < -0.4 is 16.0 Å². The Morgan fingerprint density at radius 3 is 2.81 bits per heavy atom. The third-order valence-corrected chi connectivity index (χ3v) is 3.31. The quantitative estimate of drug-likeness (QED) is 0.733. The van der Waals surface area contributed by atoms with Crippen LogP contribution >= 0.6 is 0 Å². The maximum Gasteiger partial charge on any atom is 0.254 e. The van der Waals surface area contributed by atoms with Crippen LogP contribution in [-0.4, -0.2) is 30.0 Å². The largest absolute Gasteiger partial charge is 0.399 e. The molecule has 0 saturated heterocycles. The second-order valence-corrected chi connectivity index (χ2v) is 5.08. The first-order valence-electron chi connectivity index (χ1n) is 6.90. The van der Waals surface area contributed by atoms with Crippen molar-refractivity contribution in [2.45, 2.75) is 19.4 Å². The van der Waals surface area contributed by atoms with Gasteiger partial charge in [-0.1, -0.05) is 6.92 Å². The highest BCUT2D eigenvalue weighted by molar-refractivity contribution is 6.00. The molecule has 0 aliphatic heterocycles. The lowest BCUT2D eigenvalue weighted by atomic mass is 10.1. The summed E-state index contributed by atoms with van der Waals surface area (Å²) in [6, 6.07) is 5.18. The summed E-state index contributed by atoms with van der Waals surface area (Å²) in [4.78, 5) is 21.7. The molecule has 112 valence electrons. The number of amides is 1. The van der Waals surface area contributed by atoms with Gasteiger partial charge in [0.25, 0.3) is 5.91 Å². The molecule has 21 heavy (non-hydrogen) atoms. The Hall–Kier alpha value is -2.50. The predicted octanol–water partition coefficient (Wildman–Crippen LogP) is 1.94. The highest BCUT2D eigenvalue weighted by Crippen LogP contribution is 2.22. The maximum atomic E-state index is 12.6. The third-order valence-electron chi connectivity index (χ3n) is 3.31. The van der Waals surface area contributed by atoms with E-state index >= 15 is 0 Å². The Kier molecular flexibility index (Phi) is 4.47. The smallest absolute Gasteiger partial charge is 0.254 e. The first-order chi connectivity index (χ1) is 10.0. The van der Waals surface area contributed by atoms with Gasteiger partial charge in [-0.05, 0) is 24.6 Å². The standard InChI is InChI=1S/C15H21N5O/c1-4-12(14-17-7-8-18-14)19-15(21)11-9-10(16)5-6-13(11)20(2)3/h5-9,12H,4,16H2,1-3H3,(H,17,18)(H,19,21). The first-order valence-corrected chi connectivity index (χ1v) is 6.90. The fraction of sp³-hybridized carbons (Fsp3) is 0.333. The fourth-order valence-corrected chi connectivity index (χ4v) is 2.19. The minimum atomic E-state index is -0.158. The molecule has 1 aromatic carbocycles. The van der Waals surface area contributed by atoms with Gasteiger partial charge in [-0.3, -0.25) is 4.79 Å². The molecule has 0 spiro atoms. The molecule has 0 aliphatic carbocycles. The molecule has 4 N–H and O–H groups in total. The van der Waals surface area contributed by atoms with E-state index in [4.69, 9.17) is 5.73 Å². The van der Waals surface area contributed by atoms with Gasteiger partial charge in [0.05, 0.1) is 11.6 Å². The molecule has 0 saturated carbocycles. The first kappa shape index (κ1) is 14.9. The summed E-state index contributed by atoms with van der Waals surface area (Å²) >= 11 is 0. The average Bonchev–Trinajstić information content (AvgIpc) is 2.98. The minimum Gasteiger partial charge on any atom is -0.399 e. The number of imidazole rings is 1. The fourth-order valence-electron chi connectivity index (χ4n) is 2.19. The summed E-state index contributed by atoms with van der Waals surface area (Å²) in [7, 11) is 3.79. The van der Waals surface area contributed by atoms with Crippen molar-refractivity contribution in [2.75, 3.05) is 24.7 Å². The zero-order valence-electron chi connectivity index (χ0n) is 12.6. The van der Waals surface area contributed by atoms with Gasteiger partial charge in [0.15, 0.2) is 0 Å². The number of hydrogen-bond acceptors (Lipinski definition) is 4. The van der Waals surface area contributed by atoms with Gasteiger partial charge in [0, 0.05) is 37.9 Å². The van der Waals surface area contributed by atoms with Crippen LogP contribution in [0.15, 0.2) is 30.6 Å². The van der Waals surface area contributed by atoms with E-state index < -0.39 is 0 Å². The highest BCUT2D eigenvalue weighted by atomic mass is 16.1. The van der Waals surface area contributed by atoms with Crippen LogP contribution in [0.25, 0.3) is 0 Å². The summed E-state index contributed by atoms with van der Waals surface area (Å²) in [6.45, 7) is 2.00. The van der Waals surface area contributed by atoms with Crippen molar-refractivity contribution in [1.82, 2.24) is 15.3 Å². The summed E-state index contributed by atoms with van der Waals surface area (Å²) in [6.07, 6.45) is 4.17. The molecule has 0 aliphatic rings. The number of nitrogens with one attached hydrogen (secondary N) is 2. The topological polar surface area (TPSA) is 87.0 Å². The lowest BCUT2D eigenvalue weighted by Crippen LogP contribution is -2.30. The Morgan fingerprint density at radius 1 is 1.48 bits per heavy atom. The predicted molar refractivity (Wildman–Crippen MR) is 84.3 cm³/mol. The van der Waals surface area contributed by atoms with Crippen molar-refractivity contribution in [3.8, 4) is 0 Å². The Labute approximate surface area is 124 Å². The van der Waals surface area contributed by atoms with E-state index in [1.54, 1.807) is 24.5 Å². The van der Waals surface area contributed by atoms with E-state index in [0.717, 1.165) is 17.9 Å². The lowest BCUT2D eigenvalue weighted by Gasteiger charge is -2.20. The molecule has 1 amide bonds. The van der Waals surface area contributed by atoms with Crippen LogP contribution in [0, 0.1) is 0 Å². The van der Waals surface area contributed by atoms with E-state index in [1.807, 2.05) is 32.0 Å². The van der Waals surface area contributed by atoms with Crippen LogP contribution in [0.5, 0.6) is 0 Å². The Balaban J connectivity index is 2.25. The number of nitrogens with two attached hydrogens (primary N) is 1. The molecule has 1 heterocycles. The van der Waals surface area contributed by atoms with Crippen molar-refractivity contribution >= 4 is 17.3 Å². The summed E-state index contributed by atoms with van der Waals surface area (Å²) in [5.74, 6) is 0.593. The molecule has 1 unspecified atom stereocenters. The molecule has 0 fully saturated rings. The number of rotatable bonds is 5. The lowest BCUT2D eigenvalue weighted by molar-refractivity contribution is 0.0934. The second kappa shape index (κ2) is 6.30. The van der Waals surface area contributed by atoms with Gasteiger partial charge in [-0.2, -0.15) is 0 Å². The van der Waals surface area contributed by atoms with Gasteiger partial charge in [-0.25, -0.2) is 4.98 Å². The molecule has 2 rings (SSSR count). The van der Waals surface area contributed by atoms with Crippen LogP contribution in [0.3, 0.4) is 0 Å². The molecule has 1 aromatic heterocycles. The number of nitrogen functional groups attached to an aromatic ring is 1. The van der Waals surface area contributed by atoms with Crippen LogP contribution in [0.2, 0.25) is 0 Å². The van der Waals surface area contributed by atoms with E-state index in [1.165, 1.54) is 0 Å². The molecular formula is C15H21N5O. The zero-order valence-corrected chi connectivity index (χ0v) is 12.6. The molecule has 0 radical (unpaired) electrons. The SMILES string of the molecule is CCC(NC(=O)c1cc(N)ccc1N(C)C)c1ncc[nH]1. The van der Waals surface area contributed by atoms with Gasteiger partial charge in [0.2, 0.25) is 0 Å². The average molecular weight is 287 g/mol. The minimum absolute atomic E-state index is 0.149. The van der Waals surface area contributed by atoms with Crippen LogP contribution in [-0.2, 0) is 0 Å². The number of H-pyrrole nitrogens is 1. The number of aromatic amines is 1. The Bertz CT molecular complexity index is 607. The van der Waals surface area contributed by atoms with Gasteiger partial charge < -0.3 is 20.9 Å². The number of anilines is 2. The van der Waals surface area contributed by atoms with Crippen molar-refractivity contribution in [2.24, 2.45) is 0 Å². The molecule has 6 nitrogen and oxygen atoms in total. The molecule has 2 aromatic rings. The second-order valence-electron chi connectivity index (χ2n) is 5.08. The number of nitrogens with zero attached hydrogens (tertiary/aromatic N) is 2. The van der Waals surface area contributed by atoms with Gasteiger partial charge in [-0.15, -0.1) is 0 Å². The molecule has 6 heteroatoms. The normalized spacial score (nSPS) is 12.0. The van der Waals surface area contributed by atoms with Crippen molar-refractivity contribution in [1.29, 1.82) is 0 Å². The third kappa shape index (κ3) is 3.34. The summed E-state index contributed by atoms with van der Waals surface area (Å²) < 4.78 is 0. The molecule has 0 bridgehead atoms. The van der Waals surface area contributed by atoms with E-state index in [-0.39, 0.29) is 11.9 Å². The number of hydrogen-bond donors (Lipinski definition) is 3. The van der Waals surface area contributed by atoms with Crippen molar-refractivity contribution in [3.05, 3.63) is 42.0 Å². The van der Waals surface area contributed by atoms with Crippen LogP contribution in [0.1, 0.15) is 35.6 Å². The number of carbonyl (C=O) groups is 1. The monoisotopic (exact) mass is 287 g/mol. The number of aromatic nitrogens is 2. The maximum absolute atomic E-state index is 12.6. The van der Waals surface area contributed by atoms with E-state index in [2.05, 4.69) is 15.3 Å². The summed E-state index contributed by atoms with van der Waals surface area (Å²) in [5.41, 5.74) is 7.76. The van der Waals surface area contributed by atoms with Gasteiger partial charge in [0.1, 0.15) is 5.82 Å². The molecule has 1 atom stereocenters. The van der Waals surface area contributed by atoms with Crippen molar-refractivity contribution in [3.63, 3.8) is 0 Å². The highest BCUT2D eigenvalue weighted by Gasteiger charge is 2.19. The van der Waals surface area contributed by atoms with E-state index in [9.17, 15) is 4.79 Å². The number of carbonyl (C=O) groups excluding carboxylic acids is 1. The Morgan fingerprint density at radius 2 is 2.24 bits per heavy atom. The van der Waals surface area contributed by atoms with Crippen molar-refractivity contribution < 1.29 is 4.79 Å². The number of benzene rings is 1. The van der Waals surface area contributed by atoms with E-state index in [0.29, 0.717) is 11.3 Å². The summed E-state index contributed by atoms with van der Waals surface area (Å²) in [5, 5.41) is 2.99. The van der Waals surface area contributed by atoms with Gasteiger partial charge >= 0.3 is 0 Å². The molecular weight excluding hydrogens is 266 g/mol. The zero-order chi connectivity index (χ0) is 15.4. The van der Waals surface area contributed by atoms with Crippen LogP contribution in [0.4, 0.5) is 11.4 Å².